The predicted octanol–water partition coefficient (Wildman–Crippen LogP) is 3.21. The van der Waals surface area contributed by atoms with Gasteiger partial charge in [0.2, 0.25) is 0 Å². The summed E-state index contributed by atoms with van der Waals surface area (Å²) in [5.41, 5.74) is 0. The Morgan fingerprint density at radius 3 is 2.38 bits per heavy atom. The average molecular weight is 224 g/mol. The van der Waals surface area contributed by atoms with Crippen molar-refractivity contribution in [3.8, 4) is 0 Å². The second-order valence-corrected chi connectivity index (χ2v) is 4.51. The van der Waals surface area contributed by atoms with Gasteiger partial charge in [0.05, 0.1) is 0 Å². The summed E-state index contributed by atoms with van der Waals surface area (Å²) >= 11 is 0. The predicted molar refractivity (Wildman–Crippen MR) is 68.0 cm³/mol. The number of hydrogen-bond donors (Lipinski definition) is 0. The van der Waals surface area contributed by atoms with Crippen molar-refractivity contribution in [1.82, 2.24) is 0 Å². The van der Waals surface area contributed by atoms with Crippen molar-refractivity contribution in [2.45, 2.75) is 0 Å². The fourth-order valence-corrected chi connectivity index (χ4v) is 2.60. The minimum Gasteiger partial charge on any atom is -0.308 e. The molecule has 16 heavy (non-hydrogen) atoms. The zero-order valence-electron chi connectivity index (χ0n) is 8.57. The van der Waals surface area contributed by atoms with Gasteiger partial charge in [0, 0.05) is 0 Å². The first kappa shape index (κ1) is 9.55. The highest BCUT2D eigenvalue weighted by atomic mass is 28.3. The molecule has 3 rings (SSSR count). The minimum atomic E-state index is -0.645. The van der Waals surface area contributed by atoms with Crippen LogP contribution in [0.3, 0.4) is 0 Å². The normalized spacial score (nSPS) is 11.1. The molecule has 2 heteroatoms. The fourth-order valence-electron chi connectivity index (χ4n) is 2.12. The zero-order chi connectivity index (χ0) is 11.0. The van der Waals surface area contributed by atoms with Crippen LogP contribution in [0, 0.1) is 0 Å². The highest BCUT2D eigenvalue weighted by Crippen LogP contribution is 2.23. The van der Waals surface area contributed by atoms with Crippen molar-refractivity contribution in [3.05, 3.63) is 54.6 Å². The fraction of sp³-hybridized carbons (Fsp3) is 0. The van der Waals surface area contributed by atoms with Gasteiger partial charge in [0.15, 0.2) is 0 Å². The topological polar surface area (TPSA) is 0 Å². The van der Waals surface area contributed by atoms with E-state index in [2.05, 4.69) is 24.3 Å². The second kappa shape index (κ2) is 3.72. The molecule has 0 aliphatic carbocycles. The summed E-state index contributed by atoms with van der Waals surface area (Å²) in [6.07, 6.45) is 0. The zero-order valence-corrected chi connectivity index (χ0v) is 9.57. The number of hydrogen-bond acceptors (Lipinski definition) is 0. The molecular weight excluding hydrogens is 215 g/mol. The average Bonchev–Trinajstić information content (AvgIpc) is 2.37. The third-order valence-corrected chi connectivity index (χ3v) is 3.53. The van der Waals surface area contributed by atoms with Gasteiger partial charge >= 0.3 is 9.85 Å². The summed E-state index contributed by atoms with van der Waals surface area (Å²) in [5.74, 6) is 0. The van der Waals surface area contributed by atoms with E-state index in [-0.39, 0.29) is 0 Å². The minimum absolute atomic E-state index is 0.645. The molecule has 0 aliphatic heterocycles. The van der Waals surface area contributed by atoms with Crippen molar-refractivity contribution in [1.29, 1.82) is 0 Å². The summed E-state index contributed by atoms with van der Waals surface area (Å²) in [6, 6.07) is 18.1. The Labute approximate surface area is 95.7 Å². The maximum atomic E-state index is 12.9. The molecule has 0 amide bonds. The number of benzene rings is 3. The van der Waals surface area contributed by atoms with Gasteiger partial charge in [0.1, 0.15) is 0 Å². The standard InChI is InChI=1S/C14H9FSi/c15-16-14-7-3-6-12-11-5-2-1-4-10(11)8-9-13(12)14/h1-9H. The monoisotopic (exact) mass is 224 g/mol. The van der Waals surface area contributed by atoms with E-state index in [1.165, 1.54) is 10.8 Å². The molecule has 0 unspecified atom stereocenters. The van der Waals surface area contributed by atoms with E-state index in [0.29, 0.717) is 0 Å². The van der Waals surface area contributed by atoms with Crippen LogP contribution in [0.2, 0.25) is 0 Å². The van der Waals surface area contributed by atoms with Gasteiger partial charge in [-0.05, 0) is 26.7 Å². The van der Waals surface area contributed by atoms with Gasteiger partial charge < -0.3 is 4.11 Å². The molecule has 0 saturated heterocycles. The smallest absolute Gasteiger partial charge is 0.308 e. The van der Waals surface area contributed by atoms with E-state index in [0.717, 1.165) is 16.0 Å². The first-order valence-corrected chi connectivity index (χ1v) is 6.05. The van der Waals surface area contributed by atoms with Crippen LogP contribution >= 0.6 is 0 Å². The molecule has 0 spiro atoms. The van der Waals surface area contributed by atoms with Crippen LogP contribution in [0.15, 0.2) is 54.6 Å². The largest absolute Gasteiger partial charge is 0.334 e. The van der Waals surface area contributed by atoms with Crippen LogP contribution < -0.4 is 5.19 Å². The van der Waals surface area contributed by atoms with Crippen molar-refractivity contribution < 1.29 is 4.11 Å². The molecule has 0 aliphatic rings. The summed E-state index contributed by atoms with van der Waals surface area (Å²) in [4.78, 5) is 0. The van der Waals surface area contributed by atoms with E-state index in [4.69, 9.17) is 0 Å². The molecule has 0 nitrogen and oxygen atoms in total. The lowest BCUT2D eigenvalue weighted by Crippen LogP contribution is -2.10. The van der Waals surface area contributed by atoms with E-state index in [1.807, 2.05) is 30.3 Å². The number of halogens is 1. The Morgan fingerprint density at radius 2 is 1.50 bits per heavy atom. The molecular formula is C14H9FSi. The molecule has 0 fully saturated rings. The van der Waals surface area contributed by atoms with Gasteiger partial charge in [-0.1, -0.05) is 54.6 Å². The molecule has 76 valence electrons. The molecule has 0 bridgehead atoms. The van der Waals surface area contributed by atoms with Gasteiger partial charge in [-0.2, -0.15) is 0 Å². The Hall–Kier alpha value is -1.67. The lowest BCUT2D eigenvalue weighted by atomic mass is 10.0. The van der Waals surface area contributed by atoms with Crippen molar-refractivity contribution >= 4 is 36.6 Å². The van der Waals surface area contributed by atoms with E-state index in [1.54, 1.807) is 0 Å². The van der Waals surface area contributed by atoms with Crippen molar-refractivity contribution in [3.63, 3.8) is 0 Å². The molecule has 0 heterocycles. The summed E-state index contributed by atoms with van der Waals surface area (Å²) < 4.78 is 12.9. The van der Waals surface area contributed by atoms with Gasteiger partial charge in [0.25, 0.3) is 0 Å². The first-order chi connectivity index (χ1) is 7.90. The summed E-state index contributed by atoms with van der Waals surface area (Å²) in [6.45, 7) is 0. The SMILES string of the molecule is F[Si]c1cccc2c1ccc1ccccc12. The van der Waals surface area contributed by atoms with Crippen LogP contribution in [-0.2, 0) is 0 Å². The molecule has 3 aromatic carbocycles. The van der Waals surface area contributed by atoms with Crippen molar-refractivity contribution in [2.75, 3.05) is 0 Å². The van der Waals surface area contributed by atoms with Gasteiger partial charge in [-0.3, -0.25) is 0 Å². The first-order valence-electron chi connectivity index (χ1n) is 5.17. The molecule has 0 atom stereocenters. The van der Waals surface area contributed by atoms with Crippen LogP contribution in [-0.4, -0.2) is 9.85 Å². The van der Waals surface area contributed by atoms with Gasteiger partial charge in [-0.15, -0.1) is 0 Å². The molecule has 0 N–H and O–H groups in total. The maximum Gasteiger partial charge on any atom is 0.334 e. The van der Waals surface area contributed by atoms with Crippen LogP contribution in [0.25, 0.3) is 21.5 Å². The van der Waals surface area contributed by atoms with E-state index >= 15 is 0 Å². The number of fused-ring (bicyclic) bond motifs is 3. The third-order valence-electron chi connectivity index (χ3n) is 2.89. The van der Waals surface area contributed by atoms with Crippen LogP contribution in [0.4, 0.5) is 4.11 Å². The highest BCUT2D eigenvalue weighted by Gasteiger charge is 2.04. The lowest BCUT2D eigenvalue weighted by molar-refractivity contribution is 0.885. The van der Waals surface area contributed by atoms with E-state index in [9.17, 15) is 4.11 Å². The Morgan fingerprint density at radius 1 is 0.688 bits per heavy atom. The van der Waals surface area contributed by atoms with Gasteiger partial charge in [-0.25, -0.2) is 0 Å². The lowest BCUT2D eigenvalue weighted by Gasteiger charge is -2.05. The Balaban J connectivity index is 2.52. The number of rotatable bonds is 1. The molecule has 2 radical (unpaired) electrons. The quantitative estimate of drug-likeness (QED) is 0.338. The summed E-state index contributed by atoms with van der Waals surface area (Å²) in [7, 11) is -0.645. The maximum absolute atomic E-state index is 12.9. The molecule has 0 aromatic heterocycles. The van der Waals surface area contributed by atoms with Crippen LogP contribution in [0.5, 0.6) is 0 Å². The molecule has 3 aromatic rings. The second-order valence-electron chi connectivity index (χ2n) is 3.78. The van der Waals surface area contributed by atoms with E-state index < -0.39 is 9.85 Å². The Bertz CT molecular complexity index is 661. The summed E-state index contributed by atoms with van der Waals surface area (Å²) in [5, 5.41) is 5.36. The third kappa shape index (κ3) is 1.34. The highest BCUT2D eigenvalue weighted by molar-refractivity contribution is 6.51. The molecule has 0 saturated carbocycles. The van der Waals surface area contributed by atoms with Crippen molar-refractivity contribution in [2.24, 2.45) is 0 Å². The Kier molecular flexibility index (Phi) is 2.22. The van der Waals surface area contributed by atoms with Crippen LogP contribution in [0.1, 0.15) is 0 Å².